The van der Waals surface area contributed by atoms with Crippen molar-refractivity contribution in [1.29, 1.82) is 0 Å². The van der Waals surface area contributed by atoms with Crippen LogP contribution in [0.25, 0.3) is 22.3 Å². The summed E-state index contributed by atoms with van der Waals surface area (Å²) in [5, 5.41) is 0.394. The van der Waals surface area contributed by atoms with Crippen molar-refractivity contribution in [3.63, 3.8) is 0 Å². The lowest BCUT2D eigenvalue weighted by molar-refractivity contribution is 0.397. The number of ether oxygens (including phenoxy) is 3. The van der Waals surface area contributed by atoms with Crippen LogP contribution in [0.2, 0.25) is 0 Å². The molecule has 2 aromatic carbocycles. The molecule has 3 aromatic rings. The van der Waals surface area contributed by atoms with E-state index in [1.807, 2.05) is 24.3 Å². The second kappa shape index (κ2) is 6.00. The molecule has 0 aliphatic carbocycles. The van der Waals surface area contributed by atoms with Crippen LogP contribution in [0.15, 0.2) is 41.2 Å². The van der Waals surface area contributed by atoms with Gasteiger partial charge in [-0.2, -0.15) is 0 Å². The van der Waals surface area contributed by atoms with Gasteiger partial charge in [-0.25, -0.2) is 4.98 Å². The highest BCUT2D eigenvalue weighted by Gasteiger charge is 2.13. The minimum absolute atomic E-state index is 0.264. The lowest BCUT2D eigenvalue weighted by atomic mass is 10.1. The third kappa shape index (κ3) is 2.70. The van der Waals surface area contributed by atoms with E-state index in [1.165, 1.54) is 7.11 Å². The monoisotopic (exact) mass is 312 g/mol. The SMILES string of the molecule is COc1ccc(-c2nc3cc(OC)cc(OC)c3c(=O)[nH]2)cc1. The quantitative estimate of drug-likeness (QED) is 0.801. The third-order valence-corrected chi connectivity index (χ3v) is 3.57. The molecule has 1 N–H and O–H groups in total. The van der Waals surface area contributed by atoms with E-state index in [0.717, 1.165) is 11.3 Å². The lowest BCUT2D eigenvalue weighted by Crippen LogP contribution is -2.11. The largest absolute Gasteiger partial charge is 0.497 e. The van der Waals surface area contributed by atoms with Crippen LogP contribution >= 0.6 is 0 Å². The van der Waals surface area contributed by atoms with E-state index in [1.54, 1.807) is 26.4 Å². The number of nitrogens with one attached hydrogen (secondary N) is 1. The van der Waals surface area contributed by atoms with Gasteiger partial charge in [0, 0.05) is 17.7 Å². The molecule has 23 heavy (non-hydrogen) atoms. The lowest BCUT2D eigenvalue weighted by Gasteiger charge is -2.09. The zero-order chi connectivity index (χ0) is 16.4. The number of hydrogen-bond donors (Lipinski definition) is 1. The van der Waals surface area contributed by atoms with Gasteiger partial charge in [-0.3, -0.25) is 4.79 Å². The molecule has 0 aliphatic heterocycles. The number of nitrogens with zero attached hydrogens (tertiary/aromatic N) is 1. The number of rotatable bonds is 4. The summed E-state index contributed by atoms with van der Waals surface area (Å²) in [4.78, 5) is 19.7. The van der Waals surface area contributed by atoms with Gasteiger partial charge < -0.3 is 19.2 Å². The van der Waals surface area contributed by atoms with Crippen LogP contribution in [0.5, 0.6) is 17.2 Å². The number of H-pyrrole nitrogens is 1. The second-order valence-electron chi connectivity index (χ2n) is 4.87. The number of aromatic nitrogens is 2. The highest BCUT2D eigenvalue weighted by Crippen LogP contribution is 2.29. The molecule has 6 nitrogen and oxygen atoms in total. The summed E-state index contributed by atoms with van der Waals surface area (Å²) in [6.07, 6.45) is 0. The summed E-state index contributed by atoms with van der Waals surface area (Å²) < 4.78 is 15.6. The summed E-state index contributed by atoms with van der Waals surface area (Å²) in [7, 11) is 4.66. The maximum absolute atomic E-state index is 12.4. The molecule has 118 valence electrons. The van der Waals surface area contributed by atoms with Crippen LogP contribution in [0, 0.1) is 0 Å². The Balaban J connectivity index is 2.21. The fraction of sp³-hybridized carbons (Fsp3) is 0.176. The van der Waals surface area contributed by atoms with Crippen LogP contribution in [0.1, 0.15) is 0 Å². The number of methoxy groups -OCH3 is 3. The minimum Gasteiger partial charge on any atom is -0.497 e. The van der Waals surface area contributed by atoms with Gasteiger partial charge >= 0.3 is 0 Å². The van der Waals surface area contributed by atoms with Crippen molar-refractivity contribution in [2.24, 2.45) is 0 Å². The molecule has 0 radical (unpaired) electrons. The third-order valence-electron chi connectivity index (χ3n) is 3.57. The first kappa shape index (κ1) is 14.9. The van der Waals surface area contributed by atoms with Crippen molar-refractivity contribution in [2.45, 2.75) is 0 Å². The number of aromatic amines is 1. The Morgan fingerprint density at radius 3 is 2.22 bits per heavy atom. The molecule has 1 heterocycles. The molecular formula is C17H16N2O4. The molecule has 3 rings (SSSR count). The molecule has 0 unspecified atom stereocenters. The molecule has 1 aromatic heterocycles. The molecule has 0 aliphatic rings. The van der Waals surface area contributed by atoms with Crippen molar-refractivity contribution in [1.82, 2.24) is 9.97 Å². The van der Waals surface area contributed by atoms with Gasteiger partial charge in [0.05, 0.1) is 26.8 Å². The minimum atomic E-state index is -0.264. The van der Waals surface area contributed by atoms with Gasteiger partial charge in [-0.15, -0.1) is 0 Å². The molecule has 0 saturated heterocycles. The van der Waals surface area contributed by atoms with E-state index in [0.29, 0.717) is 28.2 Å². The van der Waals surface area contributed by atoms with Gasteiger partial charge in [-0.05, 0) is 24.3 Å². The van der Waals surface area contributed by atoms with Crippen molar-refractivity contribution in [3.05, 3.63) is 46.8 Å². The second-order valence-corrected chi connectivity index (χ2v) is 4.87. The molecule has 0 spiro atoms. The zero-order valence-electron chi connectivity index (χ0n) is 13.0. The van der Waals surface area contributed by atoms with E-state index in [4.69, 9.17) is 14.2 Å². The highest BCUT2D eigenvalue weighted by molar-refractivity contribution is 5.87. The zero-order valence-corrected chi connectivity index (χ0v) is 13.0. The maximum atomic E-state index is 12.4. The van der Waals surface area contributed by atoms with E-state index in [2.05, 4.69) is 9.97 Å². The smallest absolute Gasteiger partial charge is 0.262 e. The molecule has 6 heteroatoms. The van der Waals surface area contributed by atoms with Crippen LogP contribution in [0.4, 0.5) is 0 Å². The molecule has 0 saturated carbocycles. The summed E-state index contributed by atoms with van der Waals surface area (Å²) in [6, 6.07) is 10.7. The average molecular weight is 312 g/mol. The van der Waals surface area contributed by atoms with Gasteiger partial charge in [0.2, 0.25) is 0 Å². The normalized spacial score (nSPS) is 10.6. The fourth-order valence-corrected chi connectivity index (χ4v) is 2.38. The van der Waals surface area contributed by atoms with Crippen LogP contribution < -0.4 is 19.8 Å². The average Bonchev–Trinajstić information content (AvgIpc) is 2.60. The summed E-state index contributed by atoms with van der Waals surface area (Å²) >= 11 is 0. The summed E-state index contributed by atoms with van der Waals surface area (Å²) in [6.45, 7) is 0. The number of benzene rings is 2. The van der Waals surface area contributed by atoms with E-state index in [9.17, 15) is 4.79 Å². The van der Waals surface area contributed by atoms with Gasteiger partial charge in [-0.1, -0.05) is 0 Å². The molecule has 0 atom stereocenters. The standard InChI is InChI=1S/C17H16N2O4/c1-21-11-6-4-10(5-7-11)16-18-13-8-12(22-2)9-14(23-3)15(13)17(20)19-16/h4-9H,1-3H3,(H,18,19,20). The Labute approximate surface area is 132 Å². The molecule has 0 amide bonds. The first-order chi connectivity index (χ1) is 11.2. The Morgan fingerprint density at radius 2 is 1.61 bits per heavy atom. The first-order valence-electron chi connectivity index (χ1n) is 6.96. The van der Waals surface area contributed by atoms with Gasteiger partial charge in [0.15, 0.2) is 0 Å². The van der Waals surface area contributed by atoms with Crippen LogP contribution in [-0.2, 0) is 0 Å². The first-order valence-corrected chi connectivity index (χ1v) is 6.96. The highest BCUT2D eigenvalue weighted by atomic mass is 16.5. The Morgan fingerprint density at radius 1 is 0.913 bits per heavy atom. The Bertz CT molecular complexity index is 901. The predicted octanol–water partition coefficient (Wildman–Crippen LogP) is 2.62. The van der Waals surface area contributed by atoms with E-state index < -0.39 is 0 Å². The van der Waals surface area contributed by atoms with E-state index >= 15 is 0 Å². The maximum Gasteiger partial charge on any atom is 0.262 e. The van der Waals surface area contributed by atoms with Gasteiger partial charge in [0.25, 0.3) is 5.56 Å². The predicted molar refractivity (Wildman–Crippen MR) is 87.5 cm³/mol. The number of fused-ring (bicyclic) bond motifs is 1. The van der Waals surface area contributed by atoms with Crippen molar-refractivity contribution in [2.75, 3.05) is 21.3 Å². The van der Waals surface area contributed by atoms with Crippen LogP contribution in [-0.4, -0.2) is 31.3 Å². The Hall–Kier alpha value is -3.02. The molecule has 0 bridgehead atoms. The topological polar surface area (TPSA) is 73.4 Å². The van der Waals surface area contributed by atoms with Crippen molar-refractivity contribution < 1.29 is 14.2 Å². The van der Waals surface area contributed by atoms with Crippen molar-refractivity contribution >= 4 is 10.9 Å². The molecular weight excluding hydrogens is 296 g/mol. The Kier molecular flexibility index (Phi) is 3.89. The molecule has 0 fully saturated rings. The van der Waals surface area contributed by atoms with Crippen LogP contribution in [0.3, 0.4) is 0 Å². The summed E-state index contributed by atoms with van der Waals surface area (Å²) in [5.74, 6) is 2.21. The number of hydrogen-bond acceptors (Lipinski definition) is 5. The fourth-order valence-electron chi connectivity index (χ4n) is 2.38. The van der Waals surface area contributed by atoms with E-state index in [-0.39, 0.29) is 5.56 Å². The van der Waals surface area contributed by atoms with Crippen molar-refractivity contribution in [3.8, 4) is 28.6 Å². The van der Waals surface area contributed by atoms with Gasteiger partial charge in [0.1, 0.15) is 28.5 Å². The summed E-state index contributed by atoms with van der Waals surface area (Å²) in [5.41, 5.74) is 1.03.